The molecule has 0 fully saturated rings. The molecule has 0 unspecified atom stereocenters. The van der Waals surface area contributed by atoms with Crippen LogP contribution in [0.2, 0.25) is 0 Å². The van der Waals surface area contributed by atoms with Gasteiger partial charge in [0, 0.05) is 24.2 Å². The normalized spacial score (nSPS) is 11.8. The lowest BCUT2D eigenvalue weighted by atomic mass is 10.3. The maximum atomic E-state index is 13.5. The van der Waals surface area contributed by atoms with Crippen LogP contribution in [0.15, 0.2) is 21.5 Å². The summed E-state index contributed by atoms with van der Waals surface area (Å²) in [5.41, 5.74) is 0. The quantitative estimate of drug-likeness (QED) is 0.704. The molecule has 0 aliphatic carbocycles. The smallest absolute Gasteiger partial charge is 0.244 e. The number of sulfonamides is 1. The van der Waals surface area contributed by atoms with Crippen molar-refractivity contribution in [3.63, 3.8) is 0 Å². The van der Waals surface area contributed by atoms with Crippen LogP contribution in [0.1, 0.15) is 0 Å². The van der Waals surface area contributed by atoms with Crippen molar-refractivity contribution >= 4 is 26.0 Å². The Kier molecular flexibility index (Phi) is 6.96. The molecule has 0 atom stereocenters. The number of halogens is 3. The van der Waals surface area contributed by atoms with Crippen LogP contribution in [0.4, 0.5) is 8.78 Å². The van der Waals surface area contributed by atoms with E-state index in [1.165, 1.54) is 7.11 Å². The molecule has 20 heavy (non-hydrogen) atoms. The first kappa shape index (κ1) is 17.4. The summed E-state index contributed by atoms with van der Waals surface area (Å²) in [6.45, 7) is 0.802. The lowest BCUT2D eigenvalue weighted by molar-refractivity contribution is 0.0736. The van der Waals surface area contributed by atoms with E-state index < -0.39 is 26.6 Å². The van der Waals surface area contributed by atoms with Crippen molar-refractivity contribution in [1.29, 1.82) is 0 Å². The van der Waals surface area contributed by atoms with Gasteiger partial charge in [-0.05, 0) is 22.0 Å². The molecule has 1 rings (SSSR count). The van der Waals surface area contributed by atoms with Crippen molar-refractivity contribution in [2.45, 2.75) is 4.90 Å². The van der Waals surface area contributed by atoms with E-state index in [4.69, 9.17) is 9.47 Å². The molecule has 1 aromatic carbocycles. The fourth-order valence-electron chi connectivity index (χ4n) is 1.35. The van der Waals surface area contributed by atoms with Gasteiger partial charge in [0.2, 0.25) is 10.0 Å². The summed E-state index contributed by atoms with van der Waals surface area (Å²) in [6, 6.07) is 1.39. The fraction of sp³-hybridized carbons (Fsp3) is 0.455. The number of methoxy groups -OCH3 is 1. The van der Waals surface area contributed by atoms with Crippen molar-refractivity contribution in [3.8, 4) is 0 Å². The average Bonchev–Trinajstić information content (AvgIpc) is 2.31. The molecule has 0 aromatic heterocycles. The fourth-order valence-corrected chi connectivity index (χ4v) is 3.53. The number of hydrogen-bond acceptors (Lipinski definition) is 4. The minimum Gasteiger partial charge on any atom is -0.382 e. The van der Waals surface area contributed by atoms with Gasteiger partial charge in [0.1, 0.15) is 16.5 Å². The van der Waals surface area contributed by atoms with Crippen molar-refractivity contribution in [1.82, 2.24) is 4.72 Å². The molecule has 0 aliphatic heterocycles. The molecule has 5 nitrogen and oxygen atoms in total. The van der Waals surface area contributed by atoms with Gasteiger partial charge in [-0.15, -0.1) is 0 Å². The summed E-state index contributed by atoms with van der Waals surface area (Å²) in [5, 5.41) is 0. The Bertz CT molecular complexity index is 530. The second-order valence-corrected chi connectivity index (χ2v) is 6.26. The number of hydrogen-bond donors (Lipinski definition) is 1. The van der Waals surface area contributed by atoms with E-state index in [0.717, 1.165) is 6.07 Å². The van der Waals surface area contributed by atoms with Gasteiger partial charge in [0.05, 0.1) is 19.8 Å². The minimum atomic E-state index is -4.08. The molecule has 0 radical (unpaired) electrons. The van der Waals surface area contributed by atoms with E-state index in [0.29, 0.717) is 19.3 Å². The van der Waals surface area contributed by atoms with Crippen LogP contribution >= 0.6 is 15.9 Å². The topological polar surface area (TPSA) is 64.6 Å². The molecular formula is C11H14BrF2NO4S. The molecule has 0 bridgehead atoms. The number of benzene rings is 1. The molecule has 0 amide bonds. The monoisotopic (exact) mass is 373 g/mol. The number of rotatable bonds is 8. The number of nitrogens with one attached hydrogen (secondary N) is 1. The highest BCUT2D eigenvalue weighted by molar-refractivity contribution is 9.10. The highest BCUT2D eigenvalue weighted by Gasteiger charge is 2.23. The van der Waals surface area contributed by atoms with E-state index in [1.807, 2.05) is 0 Å². The van der Waals surface area contributed by atoms with Gasteiger partial charge in [-0.1, -0.05) is 0 Å². The molecule has 114 valence electrons. The Morgan fingerprint density at radius 2 is 1.95 bits per heavy atom. The van der Waals surface area contributed by atoms with Crippen LogP contribution in [-0.2, 0) is 19.5 Å². The van der Waals surface area contributed by atoms with Gasteiger partial charge in [0.25, 0.3) is 0 Å². The zero-order chi connectivity index (χ0) is 15.2. The van der Waals surface area contributed by atoms with E-state index in [2.05, 4.69) is 20.7 Å². The van der Waals surface area contributed by atoms with Crippen LogP contribution in [0.25, 0.3) is 0 Å². The molecule has 0 aliphatic rings. The minimum absolute atomic E-state index is 0.0324. The van der Waals surface area contributed by atoms with Crippen molar-refractivity contribution in [3.05, 3.63) is 28.2 Å². The van der Waals surface area contributed by atoms with E-state index in [9.17, 15) is 17.2 Å². The second-order valence-electron chi connectivity index (χ2n) is 3.70. The Morgan fingerprint density at radius 3 is 2.55 bits per heavy atom. The van der Waals surface area contributed by atoms with E-state index in [-0.39, 0.29) is 17.6 Å². The molecule has 1 aromatic rings. The Balaban J connectivity index is 2.66. The van der Waals surface area contributed by atoms with Gasteiger partial charge in [-0.3, -0.25) is 0 Å². The van der Waals surface area contributed by atoms with Crippen molar-refractivity contribution in [2.24, 2.45) is 0 Å². The highest BCUT2D eigenvalue weighted by atomic mass is 79.9. The maximum absolute atomic E-state index is 13.5. The third kappa shape index (κ3) is 5.06. The zero-order valence-electron chi connectivity index (χ0n) is 10.7. The van der Waals surface area contributed by atoms with Crippen LogP contribution in [0, 0.1) is 11.6 Å². The van der Waals surface area contributed by atoms with Crippen molar-refractivity contribution in [2.75, 3.05) is 33.5 Å². The molecule has 1 N–H and O–H groups in total. The van der Waals surface area contributed by atoms with Crippen LogP contribution in [0.5, 0.6) is 0 Å². The summed E-state index contributed by atoms with van der Waals surface area (Å²) in [5.74, 6) is -2.03. The molecular weight excluding hydrogens is 360 g/mol. The van der Waals surface area contributed by atoms with Crippen LogP contribution in [-0.4, -0.2) is 41.9 Å². The van der Waals surface area contributed by atoms with E-state index >= 15 is 0 Å². The highest BCUT2D eigenvalue weighted by Crippen LogP contribution is 2.25. The average molecular weight is 374 g/mol. The van der Waals surface area contributed by atoms with Crippen LogP contribution in [0.3, 0.4) is 0 Å². The molecule has 0 heterocycles. The molecule has 0 spiro atoms. The molecule has 9 heteroatoms. The Morgan fingerprint density at radius 1 is 1.25 bits per heavy atom. The van der Waals surface area contributed by atoms with E-state index in [1.54, 1.807) is 0 Å². The van der Waals surface area contributed by atoms with Gasteiger partial charge in [-0.2, -0.15) is 0 Å². The third-order valence-corrected chi connectivity index (χ3v) is 4.63. The summed E-state index contributed by atoms with van der Waals surface area (Å²) in [7, 11) is -2.57. The first-order valence-corrected chi connectivity index (χ1v) is 7.87. The summed E-state index contributed by atoms with van der Waals surface area (Å²) in [4.78, 5) is -0.629. The lowest BCUT2D eigenvalue weighted by Gasteiger charge is -2.10. The number of ether oxygens (including phenoxy) is 2. The van der Waals surface area contributed by atoms with Gasteiger partial charge < -0.3 is 9.47 Å². The second kappa shape index (κ2) is 7.99. The SMILES string of the molecule is COCCOCCNS(=O)(=O)c1c(F)cc(F)cc1Br. The van der Waals surface area contributed by atoms with Crippen LogP contribution < -0.4 is 4.72 Å². The predicted octanol–water partition coefficient (Wildman–Crippen LogP) is 1.67. The van der Waals surface area contributed by atoms with Gasteiger partial charge in [0.15, 0.2) is 0 Å². The summed E-state index contributed by atoms with van der Waals surface area (Å²) < 4.78 is 62.0. The first-order chi connectivity index (χ1) is 9.38. The maximum Gasteiger partial charge on any atom is 0.244 e. The Hall–Kier alpha value is -0.610. The standard InChI is InChI=1S/C11H14BrF2NO4S/c1-18-4-5-19-3-2-15-20(16,17)11-9(12)6-8(13)7-10(11)14/h6-7,15H,2-5H2,1H3. The molecule has 0 saturated carbocycles. The molecule has 0 saturated heterocycles. The van der Waals surface area contributed by atoms with Gasteiger partial charge >= 0.3 is 0 Å². The lowest BCUT2D eigenvalue weighted by Crippen LogP contribution is -2.29. The summed E-state index contributed by atoms with van der Waals surface area (Å²) in [6.07, 6.45) is 0. The summed E-state index contributed by atoms with van der Waals surface area (Å²) >= 11 is 2.83. The van der Waals surface area contributed by atoms with Gasteiger partial charge in [-0.25, -0.2) is 21.9 Å². The third-order valence-electron chi connectivity index (χ3n) is 2.20. The first-order valence-electron chi connectivity index (χ1n) is 5.59. The zero-order valence-corrected chi connectivity index (χ0v) is 13.1. The largest absolute Gasteiger partial charge is 0.382 e. The van der Waals surface area contributed by atoms with Crippen molar-refractivity contribution < 1.29 is 26.7 Å². The predicted molar refractivity (Wildman–Crippen MR) is 71.9 cm³/mol. The Labute approximate surface area is 124 Å².